The average molecular weight is 338 g/mol. The van der Waals surface area contributed by atoms with E-state index in [4.69, 9.17) is 9.15 Å². The van der Waals surface area contributed by atoms with Crippen LogP contribution in [0.4, 0.5) is 0 Å². The fourth-order valence-corrected chi connectivity index (χ4v) is 2.06. The van der Waals surface area contributed by atoms with Crippen molar-refractivity contribution < 1.29 is 13.9 Å². The predicted octanol–water partition coefficient (Wildman–Crippen LogP) is 3.43. The number of aryl methyl sites for hydroxylation is 1. The van der Waals surface area contributed by atoms with Crippen LogP contribution in [0, 0.1) is 6.92 Å². The van der Waals surface area contributed by atoms with Crippen molar-refractivity contribution in [2.24, 2.45) is 0 Å². The number of hydrogen-bond donors (Lipinski definition) is 1. The lowest BCUT2D eigenvalue weighted by atomic mass is 10.3. The van der Waals surface area contributed by atoms with Crippen LogP contribution in [0.2, 0.25) is 0 Å². The third kappa shape index (κ3) is 3.87. The van der Waals surface area contributed by atoms with E-state index in [-0.39, 0.29) is 5.91 Å². The molecular weight excluding hydrogens is 322 g/mol. The number of amides is 1. The van der Waals surface area contributed by atoms with E-state index in [9.17, 15) is 4.79 Å². The van der Waals surface area contributed by atoms with Crippen molar-refractivity contribution in [2.45, 2.75) is 26.5 Å². The molecule has 0 aliphatic rings. The number of carbonyl (C=O) groups excluding carboxylic acids is 1. The SMILES string of the molecule is Cc1ccc(CNC(=O)C(C)Oc2ccccc2Br)o1. The van der Waals surface area contributed by atoms with Crippen LogP contribution in [0.1, 0.15) is 18.4 Å². The highest BCUT2D eigenvalue weighted by atomic mass is 79.9. The second-order valence-corrected chi connectivity index (χ2v) is 5.28. The number of ether oxygens (including phenoxy) is 1. The quantitative estimate of drug-likeness (QED) is 0.909. The molecule has 1 aromatic heterocycles. The van der Waals surface area contributed by atoms with E-state index < -0.39 is 6.10 Å². The smallest absolute Gasteiger partial charge is 0.261 e. The predicted molar refractivity (Wildman–Crippen MR) is 79.5 cm³/mol. The summed E-state index contributed by atoms with van der Waals surface area (Å²) in [7, 11) is 0. The Bertz CT molecular complexity index is 594. The molecule has 2 rings (SSSR count). The molecule has 0 saturated heterocycles. The van der Waals surface area contributed by atoms with E-state index in [0.29, 0.717) is 12.3 Å². The number of rotatable bonds is 5. The van der Waals surface area contributed by atoms with Crippen LogP contribution >= 0.6 is 15.9 Å². The van der Waals surface area contributed by atoms with E-state index in [1.54, 1.807) is 6.92 Å². The molecule has 5 heteroatoms. The first kappa shape index (κ1) is 14.7. The summed E-state index contributed by atoms with van der Waals surface area (Å²) in [5.74, 6) is 2.01. The zero-order valence-corrected chi connectivity index (χ0v) is 12.9. The van der Waals surface area contributed by atoms with Gasteiger partial charge in [-0.05, 0) is 54.0 Å². The standard InChI is InChI=1S/C15H16BrNO3/c1-10-7-8-12(19-10)9-17-15(18)11(2)20-14-6-4-3-5-13(14)16/h3-8,11H,9H2,1-2H3,(H,17,18). The van der Waals surface area contributed by atoms with Gasteiger partial charge in [0, 0.05) is 0 Å². The van der Waals surface area contributed by atoms with E-state index in [2.05, 4.69) is 21.2 Å². The van der Waals surface area contributed by atoms with Gasteiger partial charge >= 0.3 is 0 Å². The zero-order chi connectivity index (χ0) is 14.5. The second-order valence-electron chi connectivity index (χ2n) is 4.42. The molecule has 0 aliphatic heterocycles. The summed E-state index contributed by atoms with van der Waals surface area (Å²) in [6.45, 7) is 3.93. The van der Waals surface area contributed by atoms with Gasteiger partial charge in [0.2, 0.25) is 0 Å². The largest absolute Gasteiger partial charge is 0.480 e. The summed E-state index contributed by atoms with van der Waals surface area (Å²) in [6.07, 6.45) is -0.579. The number of furan rings is 1. The van der Waals surface area contributed by atoms with Gasteiger partial charge in [0.1, 0.15) is 17.3 Å². The number of benzene rings is 1. The van der Waals surface area contributed by atoms with E-state index >= 15 is 0 Å². The maximum Gasteiger partial charge on any atom is 0.261 e. The van der Waals surface area contributed by atoms with E-state index in [1.165, 1.54) is 0 Å². The first-order chi connectivity index (χ1) is 9.56. The highest BCUT2D eigenvalue weighted by molar-refractivity contribution is 9.10. The van der Waals surface area contributed by atoms with Crippen LogP contribution in [-0.2, 0) is 11.3 Å². The molecule has 1 atom stereocenters. The zero-order valence-electron chi connectivity index (χ0n) is 11.4. The van der Waals surface area contributed by atoms with E-state index in [1.807, 2.05) is 43.3 Å². The van der Waals surface area contributed by atoms with Gasteiger partial charge in [-0.1, -0.05) is 12.1 Å². The molecule has 1 aromatic carbocycles. The summed E-state index contributed by atoms with van der Waals surface area (Å²) in [4.78, 5) is 11.9. The third-order valence-corrected chi connectivity index (χ3v) is 3.40. The lowest BCUT2D eigenvalue weighted by molar-refractivity contribution is -0.127. The maximum atomic E-state index is 11.9. The molecule has 1 heterocycles. The number of para-hydroxylation sites is 1. The first-order valence-electron chi connectivity index (χ1n) is 6.30. The second kappa shape index (κ2) is 6.61. The minimum Gasteiger partial charge on any atom is -0.480 e. The van der Waals surface area contributed by atoms with Gasteiger partial charge in [-0.25, -0.2) is 0 Å². The Balaban J connectivity index is 1.87. The van der Waals surface area contributed by atoms with Crippen molar-refractivity contribution in [3.8, 4) is 5.75 Å². The summed E-state index contributed by atoms with van der Waals surface area (Å²) >= 11 is 3.38. The Morgan fingerprint density at radius 1 is 1.35 bits per heavy atom. The van der Waals surface area contributed by atoms with Gasteiger partial charge in [0.15, 0.2) is 6.10 Å². The number of hydrogen-bond acceptors (Lipinski definition) is 3. The molecule has 0 bridgehead atoms. The summed E-state index contributed by atoms with van der Waals surface area (Å²) < 4.78 is 11.8. The van der Waals surface area contributed by atoms with Gasteiger partial charge in [-0.15, -0.1) is 0 Å². The van der Waals surface area contributed by atoms with Crippen molar-refractivity contribution in [1.82, 2.24) is 5.32 Å². The fraction of sp³-hybridized carbons (Fsp3) is 0.267. The fourth-order valence-electron chi connectivity index (χ4n) is 1.68. The minimum absolute atomic E-state index is 0.185. The summed E-state index contributed by atoms with van der Waals surface area (Å²) in [5, 5.41) is 2.78. The molecule has 4 nitrogen and oxygen atoms in total. The Kier molecular flexibility index (Phi) is 4.84. The van der Waals surface area contributed by atoms with Crippen molar-refractivity contribution in [1.29, 1.82) is 0 Å². The van der Waals surface area contributed by atoms with E-state index in [0.717, 1.165) is 16.0 Å². The summed E-state index contributed by atoms with van der Waals surface area (Å²) in [5.41, 5.74) is 0. The van der Waals surface area contributed by atoms with Gasteiger partial charge in [0.05, 0.1) is 11.0 Å². The lowest BCUT2D eigenvalue weighted by Crippen LogP contribution is -2.35. The Morgan fingerprint density at radius 2 is 2.10 bits per heavy atom. The highest BCUT2D eigenvalue weighted by Gasteiger charge is 2.15. The molecule has 0 saturated carbocycles. The van der Waals surface area contributed by atoms with Crippen LogP contribution in [-0.4, -0.2) is 12.0 Å². The molecule has 1 unspecified atom stereocenters. The molecule has 1 amide bonds. The third-order valence-electron chi connectivity index (χ3n) is 2.74. The summed E-state index contributed by atoms with van der Waals surface area (Å²) in [6, 6.07) is 11.1. The minimum atomic E-state index is -0.579. The number of halogens is 1. The molecule has 2 aromatic rings. The molecule has 20 heavy (non-hydrogen) atoms. The lowest BCUT2D eigenvalue weighted by Gasteiger charge is -2.15. The Hall–Kier alpha value is -1.75. The van der Waals surface area contributed by atoms with Crippen molar-refractivity contribution in [2.75, 3.05) is 0 Å². The first-order valence-corrected chi connectivity index (χ1v) is 7.10. The van der Waals surface area contributed by atoms with Crippen LogP contribution in [0.25, 0.3) is 0 Å². The van der Waals surface area contributed by atoms with Crippen LogP contribution in [0.15, 0.2) is 45.3 Å². The van der Waals surface area contributed by atoms with Crippen molar-refractivity contribution in [3.05, 3.63) is 52.4 Å². The molecule has 1 N–H and O–H groups in total. The molecular formula is C15H16BrNO3. The van der Waals surface area contributed by atoms with Gasteiger partial charge < -0.3 is 14.5 Å². The Morgan fingerprint density at radius 3 is 2.75 bits per heavy atom. The van der Waals surface area contributed by atoms with Gasteiger partial charge in [-0.2, -0.15) is 0 Å². The van der Waals surface area contributed by atoms with Crippen LogP contribution in [0.3, 0.4) is 0 Å². The van der Waals surface area contributed by atoms with Crippen LogP contribution in [0.5, 0.6) is 5.75 Å². The number of carbonyl (C=O) groups is 1. The van der Waals surface area contributed by atoms with Crippen molar-refractivity contribution >= 4 is 21.8 Å². The highest BCUT2D eigenvalue weighted by Crippen LogP contribution is 2.24. The Labute approximate surface area is 126 Å². The molecule has 0 aliphatic carbocycles. The molecule has 0 radical (unpaired) electrons. The molecule has 0 spiro atoms. The molecule has 0 fully saturated rings. The topological polar surface area (TPSA) is 51.5 Å². The number of nitrogens with one attached hydrogen (secondary N) is 1. The maximum absolute atomic E-state index is 11.9. The van der Waals surface area contributed by atoms with Gasteiger partial charge in [0.25, 0.3) is 5.91 Å². The van der Waals surface area contributed by atoms with Crippen LogP contribution < -0.4 is 10.1 Å². The van der Waals surface area contributed by atoms with Crippen molar-refractivity contribution in [3.63, 3.8) is 0 Å². The van der Waals surface area contributed by atoms with Gasteiger partial charge in [-0.3, -0.25) is 4.79 Å². The molecule has 106 valence electrons. The average Bonchev–Trinajstić information content (AvgIpc) is 2.84. The normalized spacial score (nSPS) is 11.9. The monoisotopic (exact) mass is 337 g/mol.